The molecule has 1 aliphatic heterocycles. The molecule has 0 fully saturated rings. The van der Waals surface area contributed by atoms with Crippen LogP contribution in [0.15, 0.2) is 96.1 Å². The van der Waals surface area contributed by atoms with Crippen LogP contribution in [0.3, 0.4) is 0 Å². The Labute approximate surface area is 344 Å². The number of para-hydroxylation sites is 2. The van der Waals surface area contributed by atoms with Gasteiger partial charge in [-0.1, -0.05) is 117 Å². The molecule has 55 heavy (non-hydrogen) atoms. The zero-order valence-corrected chi connectivity index (χ0v) is 36.1. The quantitative estimate of drug-likeness (QED) is 0.0675. The fourth-order valence-electron chi connectivity index (χ4n) is 7.76. The zero-order chi connectivity index (χ0) is 39.5. The van der Waals surface area contributed by atoms with E-state index in [2.05, 4.69) is 79.7 Å². The molecule has 0 unspecified atom stereocenters. The molecule has 5 heteroatoms. The second-order valence-corrected chi connectivity index (χ2v) is 14.2. The van der Waals surface area contributed by atoms with Crippen molar-refractivity contribution in [1.82, 2.24) is 0 Å². The number of aryl methyl sites for hydroxylation is 4. The van der Waals surface area contributed by atoms with Gasteiger partial charge in [0.15, 0.2) is 0 Å². The van der Waals surface area contributed by atoms with E-state index in [1.807, 2.05) is 12.1 Å². The summed E-state index contributed by atoms with van der Waals surface area (Å²) < 4.78 is 1.61. The molecule has 4 nitrogen and oxygen atoms in total. The third-order valence-corrected chi connectivity index (χ3v) is 10.6. The van der Waals surface area contributed by atoms with E-state index in [4.69, 9.17) is 10.2 Å². The Morgan fingerprint density at radius 2 is 0.800 bits per heavy atom. The van der Waals surface area contributed by atoms with Crippen LogP contribution in [0.5, 0.6) is 11.5 Å². The van der Waals surface area contributed by atoms with Gasteiger partial charge in [0.25, 0.3) is 0 Å². The van der Waals surface area contributed by atoms with Crippen molar-refractivity contribution in [2.75, 3.05) is 0 Å². The molecule has 300 valence electrons. The number of nitrogens with zero attached hydrogens (tertiary/aromatic N) is 2. The number of hydrogen-bond donors (Lipinski definition) is 2. The second-order valence-electron chi connectivity index (χ2n) is 14.2. The summed E-state index contributed by atoms with van der Waals surface area (Å²) in [5, 5.41) is 17.3. The Hall–Kier alpha value is -3.95. The minimum absolute atomic E-state index is 0. The summed E-state index contributed by atoms with van der Waals surface area (Å²) in [6.45, 7) is 18.2. The Bertz CT molecular complexity index is 1740. The maximum absolute atomic E-state index is 12.2. The van der Waals surface area contributed by atoms with Crippen LogP contribution in [0.1, 0.15) is 151 Å². The molecular weight excluding hydrogens is 719 g/mol. The molecule has 0 amide bonds. The second kappa shape index (κ2) is 25.3. The van der Waals surface area contributed by atoms with Crippen LogP contribution in [0.4, 0.5) is 0 Å². The molecule has 1 aliphatic rings. The van der Waals surface area contributed by atoms with Crippen molar-refractivity contribution in [2.24, 2.45) is 0 Å². The summed E-state index contributed by atoms with van der Waals surface area (Å²) in [6, 6.07) is 27.0. The standard InChI is InChI=1S/C38H56N2.2C6H6O.Ni/c1-9-17-19-20-22-36-35(21-18-10-2)37(31-23-27(11-3)33(15-7)28(12-4)24-31)40(39)38(36)32-25-29(13-5)34(16-8)30(14-6)26-32;2*7-6-4-2-1-3-5-6;/h23-26H,9-22H2,1-8H3;2*1-5,7H;. The molecule has 0 aliphatic carbocycles. The predicted molar refractivity (Wildman–Crippen MR) is 231 cm³/mol. The molecule has 0 saturated heterocycles. The molecular formula is C50H68N2NiO2. The summed E-state index contributed by atoms with van der Waals surface area (Å²) in [6.07, 6.45) is 15.5. The van der Waals surface area contributed by atoms with Crippen molar-refractivity contribution < 1.29 is 31.4 Å². The van der Waals surface area contributed by atoms with E-state index in [0.717, 1.165) is 75.6 Å². The third-order valence-electron chi connectivity index (χ3n) is 10.6. The van der Waals surface area contributed by atoms with Crippen molar-refractivity contribution in [1.29, 1.82) is 0 Å². The minimum atomic E-state index is 0. The summed E-state index contributed by atoms with van der Waals surface area (Å²) in [5.41, 5.74) is 28.2. The first-order valence-corrected chi connectivity index (χ1v) is 21.0. The summed E-state index contributed by atoms with van der Waals surface area (Å²) in [5.74, 6) is 0.644. The van der Waals surface area contributed by atoms with Crippen molar-refractivity contribution in [3.05, 3.63) is 146 Å². The molecule has 0 atom stereocenters. The van der Waals surface area contributed by atoms with Crippen LogP contribution in [0.2, 0.25) is 0 Å². The number of benzene rings is 4. The molecule has 1 heterocycles. The molecule has 0 spiro atoms. The van der Waals surface area contributed by atoms with Crippen molar-refractivity contribution in [2.45, 2.75) is 145 Å². The number of phenols is 2. The average Bonchev–Trinajstić information content (AvgIpc) is 3.48. The predicted octanol–water partition coefficient (Wildman–Crippen LogP) is 14.2. The minimum Gasteiger partial charge on any atom is -0.508 e. The Morgan fingerprint density at radius 1 is 0.455 bits per heavy atom. The maximum atomic E-state index is 12.2. The van der Waals surface area contributed by atoms with Gasteiger partial charge in [-0.3, -0.25) is 0 Å². The Kier molecular flexibility index (Phi) is 21.7. The van der Waals surface area contributed by atoms with E-state index < -0.39 is 0 Å². The molecule has 0 aromatic heterocycles. The number of rotatable bonds is 16. The van der Waals surface area contributed by atoms with Gasteiger partial charge in [-0.15, -0.1) is 0 Å². The van der Waals surface area contributed by atoms with Crippen LogP contribution in [0.25, 0.3) is 16.9 Å². The maximum Gasteiger partial charge on any atom is 0.211 e. The van der Waals surface area contributed by atoms with Gasteiger partial charge in [0, 0.05) is 38.8 Å². The van der Waals surface area contributed by atoms with E-state index >= 15 is 0 Å². The van der Waals surface area contributed by atoms with Crippen LogP contribution in [-0.4, -0.2) is 14.9 Å². The van der Waals surface area contributed by atoms with Gasteiger partial charge in [0.2, 0.25) is 11.4 Å². The fourth-order valence-corrected chi connectivity index (χ4v) is 7.76. The van der Waals surface area contributed by atoms with Crippen molar-refractivity contribution in [3.8, 4) is 11.5 Å². The van der Waals surface area contributed by atoms with Crippen LogP contribution < -0.4 is 0 Å². The topological polar surface area (TPSA) is 65.8 Å². The van der Waals surface area contributed by atoms with Gasteiger partial charge in [0.1, 0.15) is 11.5 Å². The molecule has 4 aromatic carbocycles. The Morgan fingerprint density at radius 3 is 1.07 bits per heavy atom. The average molecular weight is 788 g/mol. The third kappa shape index (κ3) is 13.1. The van der Waals surface area contributed by atoms with E-state index in [9.17, 15) is 5.53 Å². The Balaban J connectivity index is 0.000000577. The molecule has 2 N–H and O–H groups in total. The van der Waals surface area contributed by atoms with E-state index in [1.54, 1.807) is 53.2 Å². The van der Waals surface area contributed by atoms with Crippen molar-refractivity contribution in [3.63, 3.8) is 0 Å². The van der Waals surface area contributed by atoms with Gasteiger partial charge in [0.05, 0.1) is 0 Å². The van der Waals surface area contributed by atoms with Crippen LogP contribution in [0, 0.1) is 0 Å². The summed E-state index contributed by atoms with van der Waals surface area (Å²) in [7, 11) is 0. The van der Waals surface area contributed by atoms with Gasteiger partial charge in [-0.2, -0.15) is 0 Å². The number of allylic oxidation sites excluding steroid dienone is 2. The molecule has 0 saturated carbocycles. The number of hydrogen-bond acceptors (Lipinski definition) is 2. The molecule has 5 rings (SSSR count). The van der Waals surface area contributed by atoms with Crippen LogP contribution >= 0.6 is 0 Å². The normalized spacial score (nSPS) is 12.2. The number of aromatic hydroxyl groups is 2. The summed E-state index contributed by atoms with van der Waals surface area (Å²) >= 11 is 0. The zero-order valence-electron chi connectivity index (χ0n) is 35.1. The largest absolute Gasteiger partial charge is 0.508 e. The van der Waals surface area contributed by atoms with Gasteiger partial charge < -0.3 is 15.7 Å². The van der Waals surface area contributed by atoms with Gasteiger partial charge >= 0.3 is 0 Å². The SMILES string of the molecule is CCCCCCC1=C(c2cc(CC)c(CC)c(CC)c2)[N+](=[N-])C(c2cc(CC)c(CC)c(CC)c2)=C1CCCC.Oc1ccccc1.Oc1ccccc1.[Ni]. The van der Waals surface area contributed by atoms with E-state index in [0.29, 0.717) is 11.5 Å². The van der Waals surface area contributed by atoms with Crippen molar-refractivity contribution >= 4 is 11.4 Å². The molecule has 4 aromatic rings. The first-order valence-electron chi connectivity index (χ1n) is 21.0. The number of phenolic OH excluding ortho intramolecular Hbond substituents is 2. The smallest absolute Gasteiger partial charge is 0.211 e. The number of unbranched alkanes of at least 4 members (excludes halogenated alkanes) is 4. The monoisotopic (exact) mass is 786 g/mol. The van der Waals surface area contributed by atoms with Gasteiger partial charge in [-0.05, 0) is 146 Å². The molecule has 0 bridgehead atoms. The first kappa shape index (κ1) is 47.2. The fraction of sp³-hybridized carbons (Fsp3) is 0.440. The van der Waals surface area contributed by atoms with E-state index in [-0.39, 0.29) is 16.5 Å². The van der Waals surface area contributed by atoms with Crippen LogP contribution in [-0.2, 0) is 55.0 Å². The molecule has 0 radical (unpaired) electrons. The first-order chi connectivity index (χ1) is 26.2. The summed E-state index contributed by atoms with van der Waals surface area (Å²) in [4.78, 5) is 0. The van der Waals surface area contributed by atoms with Gasteiger partial charge in [-0.25, -0.2) is 4.70 Å². The van der Waals surface area contributed by atoms with E-state index in [1.165, 1.54) is 81.3 Å².